The van der Waals surface area contributed by atoms with Gasteiger partial charge in [0, 0.05) is 10.6 Å². The molecule has 2 aromatic heterocycles. The van der Waals surface area contributed by atoms with Crippen LogP contribution in [-0.2, 0) is 5.41 Å². The molecule has 0 amide bonds. The number of hydrogen-bond acceptors (Lipinski definition) is 4. The van der Waals surface area contributed by atoms with Gasteiger partial charge in [0.25, 0.3) is 5.56 Å². The maximum atomic E-state index is 12.4. The van der Waals surface area contributed by atoms with Crippen molar-refractivity contribution in [2.45, 2.75) is 53.0 Å². The third-order valence-corrected chi connectivity index (χ3v) is 5.70. The summed E-state index contributed by atoms with van der Waals surface area (Å²) in [4.78, 5) is 22.0. The summed E-state index contributed by atoms with van der Waals surface area (Å²) >= 11 is 1.58. The number of anilines is 1. The average Bonchev–Trinajstić information content (AvgIpc) is 2.82. The molecule has 1 atom stereocenters. The highest BCUT2D eigenvalue weighted by Gasteiger charge is 2.16. The SMILES string of the molecule is Cc1sc2nc([C@@H](C)Nc3ccc(C(C)(C)C)cc3)[nH]c(=O)c2c1C. The first-order valence-electron chi connectivity index (χ1n) is 8.54. The van der Waals surface area contributed by atoms with Crippen molar-refractivity contribution in [3.05, 3.63) is 56.4 Å². The molecule has 2 N–H and O–H groups in total. The Hall–Kier alpha value is -2.14. The zero-order valence-electron chi connectivity index (χ0n) is 15.7. The lowest BCUT2D eigenvalue weighted by Crippen LogP contribution is -2.17. The number of aromatic nitrogens is 2. The summed E-state index contributed by atoms with van der Waals surface area (Å²) in [7, 11) is 0. The smallest absolute Gasteiger partial charge is 0.259 e. The molecule has 3 rings (SSSR count). The minimum absolute atomic E-state index is 0.0569. The quantitative estimate of drug-likeness (QED) is 0.689. The van der Waals surface area contributed by atoms with Crippen LogP contribution < -0.4 is 10.9 Å². The van der Waals surface area contributed by atoms with E-state index >= 15 is 0 Å². The van der Waals surface area contributed by atoms with Gasteiger partial charge >= 0.3 is 0 Å². The zero-order chi connectivity index (χ0) is 18.4. The van der Waals surface area contributed by atoms with E-state index in [0.29, 0.717) is 11.2 Å². The van der Waals surface area contributed by atoms with E-state index in [1.54, 1.807) is 11.3 Å². The Kier molecular flexibility index (Phi) is 4.45. The van der Waals surface area contributed by atoms with Gasteiger partial charge in [-0.05, 0) is 49.4 Å². The number of aryl methyl sites for hydroxylation is 2. The van der Waals surface area contributed by atoms with Crippen LogP contribution in [0.2, 0.25) is 0 Å². The van der Waals surface area contributed by atoms with Gasteiger partial charge in [-0.25, -0.2) is 4.98 Å². The van der Waals surface area contributed by atoms with Gasteiger partial charge in [0.15, 0.2) is 0 Å². The Balaban J connectivity index is 1.87. The Morgan fingerprint density at radius 2 is 1.80 bits per heavy atom. The molecule has 0 saturated heterocycles. The minimum Gasteiger partial charge on any atom is -0.375 e. The third kappa shape index (κ3) is 3.47. The third-order valence-electron chi connectivity index (χ3n) is 4.60. The van der Waals surface area contributed by atoms with Gasteiger partial charge in [0.1, 0.15) is 10.7 Å². The molecule has 2 heterocycles. The van der Waals surface area contributed by atoms with E-state index in [2.05, 4.69) is 60.3 Å². The summed E-state index contributed by atoms with van der Waals surface area (Å²) in [6, 6.07) is 8.35. The van der Waals surface area contributed by atoms with Crippen molar-refractivity contribution in [1.29, 1.82) is 0 Å². The number of fused-ring (bicyclic) bond motifs is 1. The second-order valence-electron chi connectivity index (χ2n) is 7.61. The lowest BCUT2D eigenvalue weighted by Gasteiger charge is -2.20. The number of H-pyrrole nitrogens is 1. The highest BCUT2D eigenvalue weighted by molar-refractivity contribution is 7.18. The Morgan fingerprint density at radius 3 is 2.40 bits per heavy atom. The highest BCUT2D eigenvalue weighted by atomic mass is 32.1. The van der Waals surface area contributed by atoms with Gasteiger partial charge in [-0.2, -0.15) is 0 Å². The van der Waals surface area contributed by atoms with Crippen LogP contribution in [0.25, 0.3) is 10.2 Å². The van der Waals surface area contributed by atoms with Gasteiger partial charge in [0.2, 0.25) is 0 Å². The molecule has 0 aliphatic rings. The average molecular weight is 356 g/mol. The second-order valence-corrected chi connectivity index (χ2v) is 8.81. The molecule has 0 aliphatic carbocycles. The number of nitrogens with one attached hydrogen (secondary N) is 2. The van der Waals surface area contributed by atoms with E-state index in [0.717, 1.165) is 21.0 Å². The molecule has 0 bridgehead atoms. The normalized spacial score (nSPS) is 13.2. The van der Waals surface area contributed by atoms with E-state index in [1.165, 1.54) is 5.56 Å². The molecule has 5 heteroatoms. The van der Waals surface area contributed by atoms with Crippen molar-refractivity contribution in [3.63, 3.8) is 0 Å². The summed E-state index contributed by atoms with van der Waals surface area (Å²) in [5.74, 6) is 0.665. The number of rotatable bonds is 3. The van der Waals surface area contributed by atoms with Crippen molar-refractivity contribution >= 4 is 27.2 Å². The number of nitrogens with zero attached hydrogens (tertiary/aromatic N) is 1. The van der Waals surface area contributed by atoms with E-state index in [4.69, 9.17) is 0 Å². The van der Waals surface area contributed by atoms with Gasteiger partial charge in [-0.1, -0.05) is 32.9 Å². The van der Waals surface area contributed by atoms with Gasteiger partial charge in [-0.15, -0.1) is 11.3 Å². The standard InChI is InChI=1S/C20H25N3OS/c1-11-13(3)25-19-16(11)18(24)22-17(23-19)12(2)21-15-9-7-14(8-10-15)20(4,5)6/h7-10,12,21H,1-6H3,(H,22,23,24)/t12-/m1/s1. The molecule has 0 fully saturated rings. The summed E-state index contributed by atoms with van der Waals surface area (Å²) in [6.07, 6.45) is 0. The maximum Gasteiger partial charge on any atom is 0.259 e. The van der Waals surface area contributed by atoms with Crippen LogP contribution in [0.15, 0.2) is 29.1 Å². The molecular formula is C20H25N3OS. The number of aromatic amines is 1. The van der Waals surface area contributed by atoms with Crippen LogP contribution >= 0.6 is 11.3 Å². The summed E-state index contributed by atoms with van der Waals surface area (Å²) in [5, 5.41) is 4.14. The first-order chi connectivity index (χ1) is 11.7. The molecule has 4 nitrogen and oxygen atoms in total. The van der Waals surface area contributed by atoms with E-state index in [-0.39, 0.29) is 17.0 Å². The number of thiophene rings is 1. The van der Waals surface area contributed by atoms with Gasteiger partial charge < -0.3 is 10.3 Å². The van der Waals surface area contributed by atoms with Gasteiger partial charge in [0.05, 0.1) is 11.4 Å². The van der Waals surface area contributed by atoms with Gasteiger partial charge in [-0.3, -0.25) is 4.79 Å². The number of benzene rings is 1. The van der Waals surface area contributed by atoms with Crippen molar-refractivity contribution in [2.75, 3.05) is 5.32 Å². The lowest BCUT2D eigenvalue weighted by molar-refractivity contribution is 0.590. The van der Waals surface area contributed by atoms with E-state index < -0.39 is 0 Å². The Bertz CT molecular complexity index is 962. The molecule has 3 aromatic rings. The fourth-order valence-corrected chi connectivity index (χ4v) is 3.90. The monoisotopic (exact) mass is 355 g/mol. The zero-order valence-corrected chi connectivity index (χ0v) is 16.5. The van der Waals surface area contributed by atoms with E-state index in [1.807, 2.05) is 20.8 Å². The molecule has 25 heavy (non-hydrogen) atoms. The molecular weight excluding hydrogens is 330 g/mol. The molecule has 0 spiro atoms. The minimum atomic E-state index is -0.0831. The van der Waals surface area contributed by atoms with E-state index in [9.17, 15) is 4.79 Å². The largest absolute Gasteiger partial charge is 0.375 e. The first-order valence-corrected chi connectivity index (χ1v) is 9.35. The molecule has 1 aromatic carbocycles. The van der Waals surface area contributed by atoms with Crippen LogP contribution in [0.4, 0.5) is 5.69 Å². The molecule has 0 saturated carbocycles. The summed E-state index contributed by atoms with van der Waals surface area (Å²) in [5.41, 5.74) is 3.42. The Morgan fingerprint density at radius 1 is 1.16 bits per heavy atom. The molecule has 0 radical (unpaired) electrons. The summed E-state index contributed by atoms with van der Waals surface area (Å²) < 4.78 is 0. The number of hydrogen-bond donors (Lipinski definition) is 2. The summed E-state index contributed by atoms with van der Waals surface area (Å²) in [6.45, 7) is 12.6. The van der Waals surface area contributed by atoms with Crippen LogP contribution in [0.3, 0.4) is 0 Å². The van der Waals surface area contributed by atoms with Crippen LogP contribution in [0.5, 0.6) is 0 Å². The fraction of sp³-hybridized carbons (Fsp3) is 0.400. The van der Waals surface area contributed by atoms with Crippen molar-refractivity contribution in [2.24, 2.45) is 0 Å². The molecule has 132 valence electrons. The van der Waals surface area contributed by atoms with Crippen LogP contribution in [0.1, 0.15) is 55.6 Å². The van der Waals surface area contributed by atoms with Crippen LogP contribution in [-0.4, -0.2) is 9.97 Å². The topological polar surface area (TPSA) is 57.8 Å². The van der Waals surface area contributed by atoms with Crippen LogP contribution in [0, 0.1) is 13.8 Å². The Labute approximate surface area is 152 Å². The van der Waals surface area contributed by atoms with Crippen molar-refractivity contribution < 1.29 is 0 Å². The highest BCUT2D eigenvalue weighted by Crippen LogP contribution is 2.28. The van der Waals surface area contributed by atoms with Crippen molar-refractivity contribution in [3.8, 4) is 0 Å². The molecule has 0 aliphatic heterocycles. The first kappa shape index (κ1) is 17.7. The fourth-order valence-electron chi connectivity index (χ4n) is 2.86. The molecule has 0 unspecified atom stereocenters. The van der Waals surface area contributed by atoms with Crippen molar-refractivity contribution in [1.82, 2.24) is 9.97 Å². The lowest BCUT2D eigenvalue weighted by atomic mass is 9.87. The maximum absolute atomic E-state index is 12.4. The predicted molar refractivity (Wildman–Crippen MR) is 107 cm³/mol. The predicted octanol–water partition coefficient (Wildman–Crippen LogP) is 5.07. The second kappa shape index (κ2) is 6.30.